The molecule has 11 nitrogen and oxygen atoms in total. The smallest absolute Gasteiger partial charge is 0.186 e. The van der Waals surface area contributed by atoms with E-state index in [1.165, 1.54) is 77.0 Å². The van der Waals surface area contributed by atoms with Crippen molar-refractivity contribution < 1.29 is 54.3 Å². The van der Waals surface area contributed by atoms with Crippen molar-refractivity contribution in [3.8, 4) is 0 Å². The SMILES string of the molecule is CCCCCCCCCCCCCCCCOCC(CO)(CO)COCCOCCO[C@H]1O[C@H](CO)[C@@H](O)[C@H](O)[C@@H]1O. The van der Waals surface area contributed by atoms with Crippen molar-refractivity contribution in [2.24, 2.45) is 5.41 Å². The maximum absolute atomic E-state index is 9.95. The Labute approximate surface area is 253 Å². The number of unbranched alkanes of at least 4 members (excludes halogenated alkanes) is 13. The molecule has 1 heterocycles. The average Bonchev–Trinajstić information content (AvgIpc) is 3.01. The number of hydrogen-bond acceptors (Lipinski definition) is 11. The van der Waals surface area contributed by atoms with Crippen LogP contribution >= 0.6 is 0 Å². The summed E-state index contributed by atoms with van der Waals surface area (Å²) in [6.07, 6.45) is 11.6. The van der Waals surface area contributed by atoms with Crippen LogP contribution in [-0.2, 0) is 23.7 Å². The van der Waals surface area contributed by atoms with Crippen LogP contribution in [0, 0.1) is 5.41 Å². The van der Waals surface area contributed by atoms with Gasteiger partial charge < -0.3 is 54.3 Å². The highest BCUT2D eigenvalue weighted by molar-refractivity contribution is 4.88. The minimum atomic E-state index is -1.49. The van der Waals surface area contributed by atoms with Gasteiger partial charge in [-0.25, -0.2) is 0 Å². The maximum atomic E-state index is 9.95. The molecule has 0 aromatic heterocycles. The Hall–Kier alpha value is -0.440. The number of rotatable bonds is 29. The van der Waals surface area contributed by atoms with E-state index in [4.69, 9.17) is 23.7 Å². The summed E-state index contributed by atoms with van der Waals surface area (Å²) in [5.41, 5.74) is -0.873. The third-order valence-electron chi connectivity index (χ3n) is 7.86. The van der Waals surface area contributed by atoms with Gasteiger partial charge in [-0.15, -0.1) is 0 Å². The molecule has 6 N–H and O–H groups in total. The molecular weight excluding hydrogens is 548 g/mol. The van der Waals surface area contributed by atoms with Gasteiger partial charge in [0, 0.05) is 6.61 Å². The lowest BCUT2D eigenvalue weighted by molar-refractivity contribution is -0.302. The number of aliphatic hydroxyl groups is 6. The molecule has 252 valence electrons. The van der Waals surface area contributed by atoms with Crippen LogP contribution in [-0.4, -0.2) is 127 Å². The average molecular weight is 611 g/mol. The monoisotopic (exact) mass is 610 g/mol. The molecule has 5 atom stereocenters. The molecule has 0 saturated carbocycles. The molecule has 0 aromatic carbocycles. The maximum Gasteiger partial charge on any atom is 0.186 e. The Morgan fingerprint density at radius 3 is 1.55 bits per heavy atom. The largest absolute Gasteiger partial charge is 0.396 e. The van der Waals surface area contributed by atoms with E-state index in [-0.39, 0.29) is 52.9 Å². The highest BCUT2D eigenvalue weighted by Crippen LogP contribution is 2.22. The van der Waals surface area contributed by atoms with Crippen LogP contribution in [0.1, 0.15) is 96.8 Å². The topological polar surface area (TPSA) is 168 Å². The van der Waals surface area contributed by atoms with Gasteiger partial charge in [-0.05, 0) is 6.42 Å². The summed E-state index contributed by atoms with van der Waals surface area (Å²) in [5.74, 6) is 0. The van der Waals surface area contributed by atoms with Gasteiger partial charge in [0.1, 0.15) is 24.4 Å². The van der Waals surface area contributed by atoms with E-state index >= 15 is 0 Å². The lowest BCUT2D eigenvalue weighted by Crippen LogP contribution is -2.59. The van der Waals surface area contributed by atoms with Crippen LogP contribution < -0.4 is 0 Å². The molecular formula is C31H62O11. The second kappa shape index (κ2) is 25.8. The summed E-state index contributed by atoms with van der Waals surface area (Å²) >= 11 is 0. The minimum absolute atomic E-state index is 0.0486. The molecule has 42 heavy (non-hydrogen) atoms. The molecule has 1 fully saturated rings. The molecule has 0 bridgehead atoms. The normalized spacial score (nSPS) is 23.1. The summed E-state index contributed by atoms with van der Waals surface area (Å²) in [5, 5.41) is 58.4. The zero-order chi connectivity index (χ0) is 30.9. The van der Waals surface area contributed by atoms with E-state index in [2.05, 4.69) is 6.92 Å². The summed E-state index contributed by atoms with van der Waals surface area (Å²) in [6, 6.07) is 0. The molecule has 0 amide bonds. The lowest BCUT2D eigenvalue weighted by atomic mass is 9.92. The van der Waals surface area contributed by atoms with Crippen molar-refractivity contribution in [1.82, 2.24) is 0 Å². The molecule has 1 aliphatic heterocycles. The third kappa shape index (κ3) is 17.2. The Morgan fingerprint density at radius 2 is 1.02 bits per heavy atom. The molecule has 0 spiro atoms. The van der Waals surface area contributed by atoms with Gasteiger partial charge in [0.2, 0.25) is 0 Å². The Balaban J connectivity index is 2.00. The zero-order valence-corrected chi connectivity index (χ0v) is 26.1. The summed E-state index contributed by atoms with van der Waals surface area (Å²) in [6.45, 7) is 2.85. The van der Waals surface area contributed by atoms with Gasteiger partial charge in [0.15, 0.2) is 6.29 Å². The van der Waals surface area contributed by atoms with Gasteiger partial charge in [0.25, 0.3) is 0 Å². The number of ether oxygens (including phenoxy) is 5. The van der Waals surface area contributed by atoms with Gasteiger partial charge >= 0.3 is 0 Å². The third-order valence-corrected chi connectivity index (χ3v) is 7.86. The Kier molecular flexibility index (Phi) is 24.4. The number of aliphatic hydroxyl groups excluding tert-OH is 6. The second-order valence-corrected chi connectivity index (χ2v) is 11.7. The first-order valence-corrected chi connectivity index (χ1v) is 16.3. The molecule has 1 aliphatic rings. The minimum Gasteiger partial charge on any atom is -0.396 e. The van der Waals surface area contributed by atoms with Crippen LogP contribution in [0.3, 0.4) is 0 Å². The molecule has 1 saturated heterocycles. The van der Waals surface area contributed by atoms with Crippen LogP contribution in [0.25, 0.3) is 0 Å². The fourth-order valence-corrected chi connectivity index (χ4v) is 4.90. The van der Waals surface area contributed by atoms with Crippen molar-refractivity contribution >= 4 is 0 Å². The van der Waals surface area contributed by atoms with Gasteiger partial charge in [0.05, 0.1) is 64.9 Å². The van der Waals surface area contributed by atoms with E-state index in [0.29, 0.717) is 6.61 Å². The van der Waals surface area contributed by atoms with E-state index in [0.717, 1.165) is 12.8 Å². The first-order chi connectivity index (χ1) is 20.4. The van der Waals surface area contributed by atoms with Crippen molar-refractivity contribution in [3.63, 3.8) is 0 Å². The zero-order valence-electron chi connectivity index (χ0n) is 26.1. The van der Waals surface area contributed by atoms with Crippen LogP contribution in [0.4, 0.5) is 0 Å². The fraction of sp³-hybridized carbons (Fsp3) is 1.00. The Bertz CT molecular complexity index is 591. The van der Waals surface area contributed by atoms with E-state index in [1.54, 1.807) is 0 Å². The second-order valence-electron chi connectivity index (χ2n) is 11.7. The van der Waals surface area contributed by atoms with E-state index < -0.39 is 42.7 Å². The van der Waals surface area contributed by atoms with Gasteiger partial charge in [-0.3, -0.25) is 0 Å². The van der Waals surface area contributed by atoms with Crippen LogP contribution in [0.15, 0.2) is 0 Å². The summed E-state index contributed by atoms with van der Waals surface area (Å²) in [4.78, 5) is 0. The quantitative estimate of drug-likeness (QED) is 0.0688. The van der Waals surface area contributed by atoms with Crippen molar-refractivity contribution in [2.75, 3.05) is 66.1 Å². The van der Waals surface area contributed by atoms with Crippen molar-refractivity contribution in [2.45, 2.75) is 128 Å². The summed E-state index contributed by atoms with van der Waals surface area (Å²) < 4.78 is 27.4. The molecule has 0 aromatic rings. The van der Waals surface area contributed by atoms with Crippen molar-refractivity contribution in [3.05, 3.63) is 0 Å². The first-order valence-electron chi connectivity index (χ1n) is 16.3. The molecule has 11 heteroatoms. The van der Waals surface area contributed by atoms with Crippen molar-refractivity contribution in [1.29, 1.82) is 0 Å². The van der Waals surface area contributed by atoms with E-state index in [1.807, 2.05) is 0 Å². The van der Waals surface area contributed by atoms with Crippen LogP contribution in [0.5, 0.6) is 0 Å². The highest BCUT2D eigenvalue weighted by atomic mass is 16.7. The standard InChI is InChI=1S/C31H62O11/c1-2-3-4-5-6-7-8-9-10-11-12-13-14-15-16-39-24-31(22-33,23-34)25-40-18-17-38-19-20-41-30-29(37)28(36)27(35)26(21-32)42-30/h26-30,32-37H,2-25H2,1H3/t26-,27-,28+,29+,30+/m1/s1. The lowest BCUT2D eigenvalue weighted by Gasteiger charge is -2.39. The van der Waals surface area contributed by atoms with E-state index in [9.17, 15) is 30.6 Å². The van der Waals surface area contributed by atoms with Gasteiger partial charge in [-0.1, -0.05) is 90.4 Å². The molecule has 0 aliphatic carbocycles. The predicted molar refractivity (Wildman–Crippen MR) is 159 cm³/mol. The Morgan fingerprint density at radius 1 is 0.548 bits per heavy atom. The molecule has 1 rings (SSSR count). The molecule has 0 radical (unpaired) electrons. The number of hydrogen-bond donors (Lipinski definition) is 6. The fourth-order valence-electron chi connectivity index (χ4n) is 4.90. The van der Waals surface area contributed by atoms with Crippen LogP contribution in [0.2, 0.25) is 0 Å². The molecule has 0 unspecified atom stereocenters. The van der Waals surface area contributed by atoms with Gasteiger partial charge in [-0.2, -0.15) is 0 Å². The summed E-state index contributed by atoms with van der Waals surface area (Å²) in [7, 11) is 0. The highest BCUT2D eigenvalue weighted by Gasteiger charge is 2.43. The first kappa shape index (κ1) is 39.6. The predicted octanol–water partition coefficient (Wildman–Crippen LogP) is 2.31.